The van der Waals surface area contributed by atoms with Crippen molar-refractivity contribution in [1.82, 2.24) is 15.1 Å². The predicted octanol–water partition coefficient (Wildman–Crippen LogP) is 0.841. The lowest BCUT2D eigenvalue weighted by molar-refractivity contribution is 0.0930. The molecule has 0 atom stereocenters. The first-order valence-corrected chi connectivity index (χ1v) is 5.67. The quantitative estimate of drug-likeness (QED) is 0.796. The fraction of sp³-hybridized carbons (Fsp3) is 0.636. The first-order chi connectivity index (χ1) is 7.59. The van der Waals surface area contributed by atoms with Crippen LogP contribution in [0.25, 0.3) is 0 Å². The molecule has 0 aliphatic heterocycles. The van der Waals surface area contributed by atoms with Gasteiger partial charge < -0.3 is 11.1 Å². The Kier molecular flexibility index (Phi) is 2.85. The Morgan fingerprint density at radius 2 is 2.31 bits per heavy atom. The molecular weight excluding hydrogens is 204 g/mol. The Labute approximate surface area is 95.0 Å². The second kappa shape index (κ2) is 4.15. The van der Waals surface area contributed by atoms with Crippen LogP contribution in [-0.4, -0.2) is 22.2 Å². The Morgan fingerprint density at radius 3 is 2.75 bits per heavy atom. The fourth-order valence-corrected chi connectivity index (χ4v) is 1.96. The van der Waals surface area contributed by atoms with Crippen LogP contribution >= 0.6 is 0 Å². The summed E-state index contributed by atoms with van der Waals surface area (Å²) in [5, 5.41) is 7.04. The molecule has 0 spiro atoms. The number of nitrogens with one attached hydrogen (secondary N) is 1. The maximum Gasteiger partial charge on any atom is 0.271 e. The van der Waals surface area contributed by atoms with E-state index in [1.807, 2.05) is 0 Å². The molecule has 5 nitrogen and oxygen atoms in total. The molecule has 0 unspecified atom stereocenters. The topological polar surface area (TPSA) is 72.9 Å². The number of rotatable bonds is 3. The standard InChI is InChI=1S/C11H18N4O/c1-7-9(12)10(15(2)14-7)11(16)13-6-8-4-3-5-8/h8H,3-6,12H2,1-2H3,(H,13,16). The Balaban J connectivity index is 2.02. The smallest absolute Gasteiger partial charge is 0.271 e. The van der Waals surface area contributed by atoms with E-state index in [9.17, 15) is 4.79 Å². The van der Waals surface area contributed by atoms with Gasteiger partial charge in [-0.3, -0.25) is 9.48 Å². The number of hydrogen-bond donors (Lipinski definition) is 2. The summed E-state index contributed by atoms with van der Waals surface area (Å²) in [6.07, 6.45) is 3.73. The van der Waals surface area contributed by atoms with Gasteiger partial charge in [-0.15, -0.1) is 0 Å². The van der Waals surface area contributed by atoms with Crippen LogP contribution in [-0.2, 0) is 7.05 Å². The normalized spacial score (nSPS) is 15.9. The number of carbonyl (C=O) groups excluding carboxylic acids is 1. The third kappa shape index (κ3) is 1.89. The highest BCUT2D eigenvalue weighted by molar-refractivity contribution is 5.97. The highest BCUT2D eigenvalue weighted by Gasteiger charge is 2.21. The number of nitrogen functional groups attached to an aromatic ring is 1. The van der Waals surface area contributed by atoms with Crippen molar-refractivity contribution in [1.29, 1.82) is 0 Å². The molecule has 16 heavy (non-hydrogen) atoms. The minimum absolute atomic E-state index is 0.118. The number of hydrogen-bond acceptors (Lipinski definition) is 3. The van der Waals surface area contributed by atoms with Gasteiger partial charge in [0.05, 0.1) is 11.4 Å². The van der Waals surface area contributed by atoms with Gasteiger partial charge in [0.2, 0.25) is 0 Å². The molecule has 0 bridgehead atoms. The third-order valence-corrected chi connectivity index (χ3v) is 3.26. The van der Waals surface area contributed by atoms with E-state index in [0.29, 0.717) is 23.0 Å². The molecule has 0 radical (unpaired) electrons. The van der Waals surface area contributed by atoms with Crippen molar-refractivity contribution in [2.75, 3.05) is 12.3 Å². The van der Waals surface area contributed by atoms with E-state index in [2.05, 4.69) is 10.4 Å². The van der Waals surface area contributed by atoms with Gasteiger partial charge in [-0.05, 0) is 25.7 Å². The van der Waals surface area contributed by atoms with E-state index in [0.717, 1.165) is 6.54 Å². The Morgan fingerprint density at radius 1 is 1.62 bits per heavy atom. The van der Waals surface area contributed by atoms with Crippen LogP contribution in [0.4, 0.5) is 5.69 Å². The molecule has 1 aromatic heterocycles. The SMILES string of the molecule is Cc1nn(C)c(C(=O)NCC2CCC2)c1N. The van der Waals surface area contributed by atoms with E-state index in [1.165, 1.54) is 19.3 Å². The van der Waals surface area contributed by atoms with Crippen molar-refractivity contribution in [3.05, 3.63) is 11.4 Å². The van der Waals surface area contributed by atoms with Gasteiger partial charge in [0.25, 0.3) is 5.91 Å². The number of carbonyl (C=O) groups is 1. The van der Waals surface area contributed by atoms with Crippen molar-refractivity contribution in [3.63, 3.8) is 0 Å². The molecule has 1 aromatic rings. The molecule has 1 heterocycles. The van der Waals surface area contributed by atoms with Crippen molar-refractivity contribution in [2.24, 2.45) is 13.0 Å². The summed E-state index contributed by atoms with van der Waals surface area (Å²) in [7, 11) is 1.74. The van der Waals surface area contributed by atoms with Crippen molar-refractivity contribution < 1.29 is 4.79 Å². The molecule has 2 rings (SSSR count). The van der Waals surface area contributed by atoms with Crippen LogP contribution in [0.15, 0.2) is 0 Å². The number of nitrogens with two attached hydrogens (primary N) is 1. The molecule has 5 heteroatoms. The minimum Gasteiger partial charge on any atom is -0.395 e. The second-order valence-electron chi connectivity index (χ2n) is 4.48. The summed E-state index contributed by atoms with van der Waals surface area (Å²) in [6, 6.07) is 0. The number of amides is 1. The summed E-state index contributed by atoms with van der Waals surface area (Å²) in [5.41, 5.74) is 7.47. The van der Waals surface area contributed by atoms with Gasteiger partial charge in [0.15, 0.2) is 0 Å². The van der Waals surface area contributed by atoms with Crippen molar-refractivity contribution in [2.45, 2.75) is 26.2 Å². The van der Waals surface area contributed by atoms with Crippen LogP contribution in [0.3, 0.4) is 0 Å². The monoisotopic (exact) mass is 222 g/mol. The van der Waals surface area contributed by atoms with Gasteiger partial charge in [-0.1, -0.05) is 6.42 Å². The lowest BCUT2D eigenvalue weighted by Gasteiger charge is -2.25. The fourth-order valence-electron chi connectivity index (χ4n) is 1.96. The van der Waals surface area contributed by atoms with E-state index in [4.69, 9.17) is 5.73 Å². The molecule has 1 aliphatic carbocycles. The molecule has 1 aliphatic rings. The number of nitrogens with zero attached hydrogens (tertiary/aromatic N) is 2. The zero-order chi connectivity index (χ0) is 11.7. The third-order valence-electron chi connectivity index (χ3n) is 3.26. The highest BCUT2D eigenvalue weighted by Crippen LogP contribution is 2.25. The summed E-state index contributed by atoms with van der Waals surface area (Å²) >= 11 is 0. The summed E-state index contributed by atoms with van der Waals surface area (Å²) in [5.74, 6) is 0.534. The molecule has 88 valence electrons. The van der Waals surface area contributed by atoms with Crippen LogP contribution in [0, 0.1) is 12.8 Å². The van der Waals surface area contributed by atoms with Crippen molar-refractivity contribution in [3.8, 4) is 0 Å². The van der Waals surface area contributed by atoms with Crippen molar-refractivity contribution >= 4 is 11.6 Å². The Hall–Kier alpha value is -1.52. The van der Waals surface area contributed by atoms with Gasteiger partial charge >= 0.3 is 0 Å². The van der Waals surface area contributed by atoms with Crippen LogP contribution in [0.2, 0.25) is 0 Å². The highest BCUT2D eigenvalue weighted by atomic mass is 16.2. The van der Waals surface area contributed by atoms with Crippen LogP contribution < -0.4 is 11.1 Å². The minimum atomic E-state index is -0.118. The molecule has 1 saturated carbocycles. The van der Waals surface area contributed by atoms with E-state index < -0.39 is 0 Å². The van der Waals surface area contributed by atoms with E-state index in [-0.39, 0.29) is 5.91 Å². The van der Waals surface area contributed by atoms with Gasteiger partial charge in [-0.25, -0.2) is 0 Å². The molecule has 1 fully saturated rings. The lowest BCUT2D eigenvalue weighted by Crippen LogP contribution is -2.33. The molecule has 0 saturated heterocycles. The summed E-state index contributed by atoms with van der Waals surface area (Å²) in [6.45, 7) is 2.56. The van der Waals surface area contributed by atoms with Gasteiger partial charge in [0.1, 0.15) is 5.69 Å². The predicted molar refractivity (Wildman–Crippen MR) is 62.0 cm³/mol. The molecule has 0 aromatic carbocycles. The van der Waals surface area contributed by atoms with Gasteiger partial charge in [0, 0.05) is 13.6 Å². The van der Waals surface area contributed by atoms with E-state index in [1.54, 1.807) is 18.7 Å². The zero-order valence-corrected chi connectivity index (χ0v) is 9.79. The summed E-state index contributed by atoms with van der Waals surface area (Å²) < 4.78 is 1.54. The maximum absolute atomic E-state index is 11.9. The number of anilines is 1. The summed E-state index contributed by atoms with van der Waals surface area (Å²) in [4.78, 5) is 11.9. The van der Waals surface area contributed by atoms with Crippen LogP contribution in [0.5, 0.6) is 0 Å². The molecule has 3 N–H and O–H groups in total. The largest absolute Gasteiger partial charge is 0.395 e. The van der Waals surface area contributed by atoms with E-state index >= 15 is 0 Å². The molecule has 1 amide bonds. The second-order valence-corrected chi connectivity index (χ2v) is 4.48. The lowest BCUT2D eigenvalue weighted by atomic mass is 9.85. The number of aromatic nitrogens is 2. The number of aryl methyl sites for hydroxylation is 2. The first kappa shape index (κ1) is 11.0. The van der Waals surface area contributed by atoms with Gasteiger partial charge in [-0.2, -0.15) is 5.10 Å². The average molecular weight is 222 g/mol. The first-order valence-electron chi connectivity index (χ1n) is 5.67. The average Bonchev–Trinajstić information content (AvgIpc) is 2.38. The Bertz CT molecular complexity index is 406. The molecular formula is C11H18N4O. The maximum atomic E-state index is 11.9. The van der Waals surface area contributed by atoms with Crippen LogP contribution in [0.1, 0.15) is 35.4 Å². The zero-order valence-electron chi connectivity index (χ0n) is 9.79.